The minimum atomic E-state index is 0.868. The van der Waals surface area contributed by atoms with Gasteiger partial charge in [-0.1, -0.05) is 81.2 Å². The standard InChI is InChI=1S/C10H22.C3H8.C3H6.C2H6/c1-6-10(9(4)5)7-8(2)3;2*1-3-2;1-2/h8-10H,6-7H2,1-5H3;3H2,1-2H3;3H,1H2,2H3;1-2H3. The maximum Gasteiger partial charge on any atom is -0.0391 e. The third-order valence-electron chi connectivity index (χ3n) is 2.24. The summed E-state index contributed by atoms with van der Waals surface area (Å²) in [6.45, 7) is 25.1. The summed E-state index contributed by atoms with van der Waals surface area (Å²) in [4.78, 5) is 0. The van der Waals surface area contributed by atoms with E-state index < -0.39 is 0 Å². The van der Waals surface area contributed by atoms with E-state index in [1.54, 1.807) is 6.08 Å². The summed E-state index contributed by atoms with van der Waals surface area (Å²) in [5.74, 6) is 2.68. The molecule has 0 radical (unpaired) electrons. The molecule has 0 N–H and O–H groups in total. The summed E-state index contributed by atoms with van der Waals surface area (Å²) in [6, 6.07) is 0. The van der Waals surface area contributed by atoms with Crippen LogP contribution in [0.25, 0.3) is 0 Å². The minimum absolute atomic E-state index is 0.868. The predicted molar refractivity (Wildman–Crippen MR) is 91.3 cm³/mol. The van der Waals surface area contributed by atoms with E-state index in [-0.39, 0.29) is 0 Å². The average molecular weight is 259 g/mol. The van der Waals surface area contributed by atoms with Crippen molar-refractivity contribution in [3.05, 3.63) is 12.7 Å². The van der Waals surface area contributed by atoms with Crippen molar-refractivity contribution in [2.45, 2.75) is 88.5 Å². The first-order chi connectivity index (χ1) is 8.40. The van der Waals surface area contributed by atoms with Crippen LogP contribution in [-0.4, -0.2) is 0 Å². The molecule has 0 aliphatic carbocycles. The molecule has 0 bridgehead atoms. The van der Waals surface area contributed by atoms with E-state index in [2.05, 4.69) is 55.0 Å². The second kappa shape index (κ2) is 25.6. The Hall–Kier alpha value is -0.260. The molecule has 0 amide bonds. The van der Waals surface area contributed by atoms with Crippen LogP contribution >= 0.6 is 0 Å². The van der Waals surface area contributed by atoms with Gasteiger partial charge >= 0.3 is 0 Å². The SMILES string of the molecule is C=CC.CC.CCC.CCC(CC(C)C)C(C)C. The highest BCUT2D eigenvalue weighted by Crippen LogP contribution is 2.22. The van der Waals surface area contributed by atoms with Gasteiger partial charge < -0.3 is 0 Å². The molecule has 1 unspecified atom stereocenters. The second-order valence-electron chi connectivity index (χ2n) is 5.16. The molecule has 0 aromatic heterocycles. The molecule has 0 aliphatic rings. The van der Waals surface area contributed by atoms with Crippen molar-refractivity contribution in [2.24, 2.45) is 17.8 Å². The van der Waals surface area contributed by atoms with Gasteiger partial charge in [0.25, 0.3) is 0 Å². The normalized spacial score (nSPS) is 10.2. The van der Waals surface area contributed by atoms with Gasteiger partial charge in [0.05, 0.1) is 0 Å². The molecule has 0 nitrogen and oxygen atoms in total. The van der Waals surface area contributed by atoms with Crippen molar-refractivity contribution in [3.63, 3.8) is 0 Å². The van der Waals surface area contributed by atoms with Crippen molar-refractivity contribution < 1.29 is 0 Å². The Bertz CT molecular complexity index is 111. The second-order valence-corrected chi connectivity index (χ2v) is 5.16. The fraction of sp³-hybridized carbons (Fsp3) is 0.889. The topological polar surface area (TPSA) is 0 Å². The van der Waals surface area contributed by atoms with Gasteiger partial charge in [-0.2, -0.15) is 0 Å². The summed E-state index contributed by atoms with van der Waals surface area (Å²) in [5, 5.41) is 0. The lowest BCUT2D eigenvalue weighted by Crippen LogP contribution is -2.10. The van der Waals surface area contributed by atoms with Crippen LogP contribution in [0.15, 0.2) is 12.7 Å². The van der Waals surface area contributed by atoms with Crippen LogP contribution in [0, 0.1) is 17.8 Å². The van der Waals surface area contributed by atoms with Crippen LogP contribution in [0.4, 0.5) is 0 Å². The van der Waals surface area contributed by atoms with E-state index in [4.69, 9.17) is 0 Å². The first kappa shape index (κ1) is 26.3. The van der Waals surface area contributed by atoms with Gasteiger partial charge in [0.2, 0.25) is 0 Å². The number of hydrogen-bond acceptors (Lipinski definition) is 0. The third-order valence-corrected chi connectivity index (χ3v) is 2.24. The van der Waals surface area contributed by atoms with Crippen LogP contribution in [0.5, 0.6) is 0 Å². The molecule has 0 heteroatoms. The monoisotopic (exact) mass is 258 g/mol. The lowest BCUT2D eigenvalue weighted by atomic mass is 9.86. The molecule has 0 rings (SSSR count). The Morgan fingerprint density at radius 2 is 1.22 bits per heavy atom. The highest BCUT2D eigenvalue weighted by Gasteiger charge is 2.11. The predicted octanol–water partition coefficient (Wildman–Crippen LogP) is 7.35. The molecule has 1 atom stereocenters. The quantitative estimate of drug-likeness (QED) is 0.462. The maximum absolute atomic E-state index is 3.36. The Morgan fingerprint density at radius 3 is 1.28 bits per heavy atom. The van der Waals surface area contributed by atoms with E-state index in [1.807, 2.05) is 20.8 Å². The van der Waals surface area contributed by atoms with Gasteiger partial charge in [-0.3, -0.25) is 0 Å². The Morgan fingerprint density at radius 1 is 0.944 bits per heavy atom. The van der Waals surface area contributed by atoms with Gasteiger partial charge in [-0.05, 0) is 31.1 Å². The number of hydrogen-bond donors (Lipinski definition) is 0. The van der Waals surface area contributed by atoms with Crippen LogP contribution in [-0.2, 0) is 0 Å². The fourth-order valence-electron chi connectivity index (χ4n) is 1.52. The molecule has 0 saturated heterocycles. The van der Waals surface area contributed by atoms with Gasteiger partial charge in [0.1, 0.15) is 0 Å². The van der Waals surface area contributed by atoms with Crippen molar-refractivity contribution >= 4 is 0 Å². The highest BCUT2D eigenvalue weighted by atomic mass is 14.2. The van der Waals surface area contributed by atoms with E-state index in [0.29, 0.717) is 0 Å². The molecule has 0 spiro atoms. The van der Waals surface area contributed by atoms with E-state index in [1.165, 1.54) is 19.3 Å². The first-order valence-corrected chi connectivity index (χ1v) is 7.97. The van der Waals surface area contributed by atoms with Crippen molar-refractivity contribution in [2.75, 3.05) is 0 Å². The molecule has 0 heterocycles. The summed E-state index contributed by atoms with van der Waals surface area (Å²) in [6.07, 6.45) is 5.74. The fourth-order valence-corrected chi connectivity index (χ4v) is 1.52. The molecule has 0 saturated carbocycles. The zero-order chi connectivity index (χ0) is 15.6. The molecule has 0 aliphatic heterocycles. The first-order valence-electron chi connectivity index (χ1n) is 7.97. The lowest BCUT2D eigenvalue weighted by Gasteiger charge is -2.20. The molecular formula is C18H42. The van der Waals surface area contributed by atoms with Crippen LogP contribution < -0.4 is 0 Å². The van der Waals surface area contributed by atoms with Crippen molar-refractivity contribution in [3.8, 4) is 0 Å². The lowest BCUT2D eigenvalue weighted by molar-refractivity contribution is 0.308. The zero-order valence-electron chi connectivity index (χ0n) is 15.1. The largest absolute Gasteiger partial charge is 0.103 e. The molecule has 0 fully saturated rings. The van der Waals surface area contributed by atoms with Crippen LogP contribution in [0.3, 0.4) is 0 Å². The molecule has 114 valence electrons. The third kappa shape index (κ3) is 36.0. The summed E-state index contributed by atoms with van der Waals surface area (Å²) < 4.78 is 0. The number of rotatable bonds is 4. The highest BCUT2D eigenvalue weighted by molar-refractivity contribution is 4.62. The van der Waals surface area contributed by atoms with Gasteiger partial charge in [0.15, 0.2) is 0 Å². The Labute approximate surface area is 119 Å². The van der Waals surface area contributed by atoms with Crippen molar-refractivity contribution in [1.82, 2.24) is 0 Å². The number of allylic oxidation sites excluding steroid dienone is 1. The van der Waals surface area contributed by atoms with E-state index in [0.717, 1.165) is 17.8 Å². The minimum Gasteiger partial charge on any atom is -0.103 e. The average Bonchev–Trinajstić information content (AvgIpc) is 2.30. The Balaban J connectivity index is -0.000000102. The van der Waals surface area contributed by atoms with Crippen LogP contribution in [0.2, 0.25) is 0 Å². The maximum atomic E-state index is 3.36. The van der Waals surface area contributed by atoms with Crippen LogP contribution in [0.1, 0.15) is 88.5 Å². The van der Waals surface area contributed by atoms with Gasteiger partial charge in [-0.15, -0.1) is 6.58 Å². The molecule has 18 heavy (non-hydrogen) atoms. The summed E-state index contributed by atoms with van der Waals surface area (Å²) in [5.41, 5.74) is 0. The zero-order valence-corrected chi connectivity index (χ0v) is 15.1. The van der Waals surface area contributed by atoms with E-state index in [9.17, 15) is 0 Å². The van der Waals surface area contributed by atoms with Gasteiger partial charge in [-0.25, -0.2) is 0 Å². The summed E-state index contributed by atoms with van der Waals surface area (Å²) in [7, 11) is 0. The molecule has 0 aromatic rings. The van der Waals surface area contributed by atoms with E-state index >= 15 is 0 Å². The summed E-state index contributed by atoms with van der Waals surface area (Å²) >= 11 is 0. The smallest absolute Gasteiger partial charge is 0.0391 e. The molecule has 0 aromatic carbocycles. The Kier molecular flexibility index (Phi) is 37.4. The van der Waals surface area contributed by atoms with Crippen molar-refractivity contribution in [1.29, 1.82) is 0 Å². The van der Waals surface area contributed by atoms with Gasteiger partial charge in [0, 0.05) is 0 Å². The molecular weight excluding hydrogens is 216 g/mol.